The Morgan fingerprint density at radius 3 is 2.35 bits per heavy atom. The lowest BCUT2D eigenvalue weighted by Gasteiger charge is -2.48. The predicted octanol–water partition coefficient (Wildman–Crippen LogP) is 5.52. The molecule has 1 amide bonds. The van der Waals surface area contributed by atoms with Crippen LogP contribution in [0.15, 0.2) is 59.3 Å². The molecule has 15 heteroatoms. The van der Waals surface area contributed by atoms with Crippen molar-refractivity contribution in [3.63, 3.8) is 0 Å². The van der Waals surface area contributed by atoms with Gasteiger partial charge in [0, 0.05) is 58.7 Å². The molecule has 0 unspecified atom stereocenters. The number of amides is 1. The Morgan fingerprint density at radius 1 is 0.938 bits per heavy atom. The standard InChI is InChI=1S/C50H75NO14/c1-12-26(2)45-29(5)18-19-49(65-45)24-36-21-35(64-49)17-16-28(4)44(27(3)14-13-15-34-25-58-47-43(53)30(6)20-37(48(54)61-36)50(34,47)55)62-41-23-39(57-11)46(32(8)60-41)63-40-22-38(56-10)42(31(7)59-40)51-33(9)52/h13-16,18-20,26-27,29,31-32,35-47,53,55H,12,17,21-25H2,1-11H3,(H,51,52)/t26-,27-,29-,31-,32-,35+,36-,37-,38-,39-,40-,41-,42+,43+,44-,45+,46-,47+,49+,50+/m0/s1. The highest BCUT2D eigenvalue weighted by molar-refractivity contribution is 5.78. The van der Waals surface area contributed by atoms with Crippen molar-refractivity contribution in [3.8, 4) is 0 Å². The van der Waals surface area contributed by atoms with Crippen LogP contribution in [0.2, 0.25) is 0 Å². The first kappa shape index (κ1) is 50.1. The Balaban J connectivity index is 1.16. The molecular weight excluding hydrogens is 839 g/mol. The van der Waals surface area contributed by atoms with Gasteiger partial charge in [-0.1, -0.05) is 70.6 Å². The third-order valence-corrected chi connectivity index (χ3v) is 14.9. The number of carbonyl (C=O) groups is 2. The smallest absolute Gasteiger partial charge is 0.316 e. The van der Waals surface area contributed by atoms with E-state index in [1.54, 1.807) is 33.3 Å². The van der Waals surface area contributed by atoms with Gasteiger partial charge >= 0.3 is 5.97 Å². The van der Waals surface area contributed by atoms with Crippen LogP contribution in [0.3, 0.4) is 0 Å². The fourth-order valence-corrected chi connectivity index (χ4v) is 11.0. The minimum absolute atomic E-state index is 0.0270. The monoisotopic (exact) mass is 914 g/mol. The van der Waals surface area contributed by atoms with E-state index in [4.69, 9.17) is 47.4 Å². The summed E-state index contributed by atoms with van der Waals surface area (Å²) in [6.07, 6.45) is 9.46. The molecule has 2 bridgehead atoms. The van der Waals surface area contributed by atoms with Gasteiger partial charge in [0.1, 0.15) is 35.9 Å². The lowest BCUT2D eigenvalue weighted by Crippen LogP contribution is -2.58. The van der Waals surface area contributed by atoms with Crippen LogP contribution >= 0.6 is 0 Å². The molecule has 6 aliphatic heterocycles. The Hall–Kier alpha value is -2.80. The zero-order valence-corrected chi connectivity index (χ0v) is 40.2. The van der Waals surface area contributed by atoms with Crippen molar-refractivity contribution in [2.24, 2.45) is 23.7 Å². The fourth-order valence-electron chi connectivity index (χ4n) is 11.0. The molecule has 4 fully saturated rings. The summed E-state index contributed by atoms with van der Waals surface area (Å²) in [5.41, 5.74) is 0.116. The number of hydrogen-bond acceptors (Lipinski definition) is 14. The van der Waals surface area contributed by atoms with Crippen LogP contribution in [-0.2, 0) is 57.0 Å². The van der Waals surface area contributed by atoms with Crippen molar-refractivity contribution >= 4 is 11.9 Å². The van der Waals surface area contributed by atoms with Gasteiger partial charge in [0.2, 0.25) is 5.91 Å². The van der Waals surface area contributed by atoms with Crippen molar-refractivity contribution in [2.75, 3.05) is 20.8 Å². The van der Waals surface area contributed by atoms with Gasteiger partial charge in [-0.15, -0.1) is 0 Å². The Kier molecular flexibility index (Phi) is 16.0. The highest BCUT2D eigenvalue weighted by Crippen LogP contribution is 2.47. The van der Waals surface area contributed by atoms with Crippen LogP contribution in [0.1, 0.15) is 101 Å². The lowest BCUT2D eigenvalue weighted by atomic mass is 9.71. The third kappa shape index (κ3) is 10.6. The first-order valence-corrected chi connectivity index (χ1v) is 23.8. The van der Waals surface area contributed by atoms with E-state index in [0.29, 0.717) is 36.8 Å². The summed E-state index contributed by atoms with van der Waals surface area (Å²) in [5.74, 6) is -2.75. The molecule has 7 aliphatic rings. The highest BCUT2D eigenvalue weighted by atomic mass is 16.7. The summed E-state index contributed by atoms with van der Waals surface area (Å²) < 4.78 is 64.4. The minimum Gasteiger partial charge on any atom is -0.462 e. The van der Waals surface area contributed by atoms with Gasteiger partial charge in [-0.05, 0) is 62.8 Å². The van der Waals surface area contributed by atoms with E-state index in [-0.39, 0.29) is 61.0 Å². The summed E-state index contributed by atoms with van der Waals surface area (Å²) >= 11 is 0. The average molecular weight is 914 g/mol. The molecule has 0 aromatic carbocycles. The number of rotatable bonds is 9. The summed E-state index contributed by atoms with van der Waals surface area (Å²) in [6.45, 7) is 17.7. The molecular formula is C50H75NO14. The normalized spacial score (nSPS) is 45.2. The molecule has 7 rings (SSSR count). The van der Waals surface area contributed by atoms with Crippen molar-refractivity contribution in [2.45, 2.75) is 198 Å². The third-order valence-electron chi connectivity index (χ3n) is 14.9. The fraction of sp³-hybridized carbons (Fsp3) is 0.760. The second kappa shape index (κ2) is 20.8. The second-order valence-electron chi connectivity index (χ2n) is 19.7. The number of aliphatic hydroxyl groups is 2. The molecule has 3 N–H and O–H groups in total. The Bertz CT molecular complexity index is 1850. The quantitative estimate of drug-likeness (QED) is 0.195. The summed E-state index contributed by atoms with van der Waals surface area (Å²) in [4.78, 5) is 26.3. The number of hydrogen-bond donors (Lipinski definition) is 3. The predicted molar refractivity (Wildman–Crippen MR) is 239 cm³/mol. The van der Waals surface area contributed by atoms with Gasteiger partial charge in [-0.3, -0.25) is 9.59 Å². The Morgan fingerprint density at radius 2 is 1.65 bits per heavy atom. The number of aliphatic hydroxyl groups excluding tert-OH is 1. The molecule has 0 aromatic heterocycles. The van der Waals surface area contributed by atoms with E-state index < -0.39 is 84.7 Å². The number of fused-ring (bicyclic) bond motifs is 2. The molecule has 0 aromatic rings. The van der Waals surface area contributed by atoms with Crippen molar-refractivity contribution in [3.05, 3.63) is 59.3 Å². The first-order chi connectivity index (χ1) is 30.9. The van der Waals surface area contributed by atoms with E-state index >= 15 is 0 Å². The number of allylic oxidation sites excluding steroid dienone is 2. The van der Waals surface area contributed by atoms with Crippen molar-refractivity contribution in [1.82, 2.24) is 5.32 Å². The van der Waals surface area contributed by atoms with Crippen LogP contribution in [-0.4, -0.2) is 140 Å². The number of esters is 1. The molecule has 4 saturated heterocycles. The minimum atomic E-state index is -1.84. The molecule has 1 aliphatic carbocycles. The van der Waals surface area contributed by atoms with E-state index in [0.717, 1.165) is 12.0 Å². The zero-order chi connectivity index (χ0) is 47.0. The highest BCUT2D eigenvalue weighted by Gasteiger charge is 2.60. The van der Waals surface area contributed by atoms with Gasteiger partial charge in [0.25, 0.3) is 0 Å². The van der Waals surface area contributed by atoms with Crippen LogP contribution in [0, 0.1) is 23.7 Å². The van der Waals surface area contributed by atoms with Crippen LogP contribution in [0.4, 0.5) is 0 Å². The number of nitrogens with one attached hydrogen (secondary N) is 1. The molecule has 65 heavy (non-hydrogen) atoms. The van der Waals surface area contributed by atoms with E-state index in [1.807, 2.05) is 39.0 Å². The topological polar surface area (TPSA) is 179 Å². The summed E-state index contributed by atoms with van der Waals surface area (Å²) in [5, 5.41) is 26.7. The molecule has 6 heterocycles. The average Bonchev–Trinajstić information content (AvgIpc) is 3.61. The molecule has 20 atom stereocenters. The van der Waals surface area contributed by atoms with Crippen LogP contribution < -0.4 is 5.32 Å². The summed E-state index contributed by atoms with van der Waals surface area (Å²) in [7, 11) is 3.27. The summed E-state index contributed by atoms with van der Waals surface area (Å²) in [6, 6.07) is -0.315. The number of carbonyl (C=O) groups excluding carboxylic acids is 2. The lowest BCUT2D eigenvalue weighted by molar-refractivity contribution is -0.311. The maximum absolute atomic E-state index is 14.4. The number of ether oxygens (including phenoxy) is 10. The van der Waals surface area contributed by atoms with Gasteiger partial charge in [0.05, 0.1) is 55.4 Å². The maximum atomic E-state index is 14.4. The maximum Gasteiger partial charge on any atom is 0.316 e. The largest absolute Gasteiger partial charge is 0.462 e. The van der Waals surface area contributed by atoms with E-state index in [2.05, 4.69) is 45.2 Å². The molecule has 0 saturated carbocycles. The molecule has 15 nitrogen and oxygen atoms in total. The van der Waals surface area contributed by atoms with Gasteiger partial charge in [-0.25, -0.2) is 0 Å². The first-order valence-electron chi connectivity index (χ1n) is 23.8. The van der Waals surface area contributed by atoms with Gasteiger partial charge in [-0.2, -0.15) is 0 Å². The van der Waals surface area contributed by atoms with Gasteiger partial charge in [0.15, 0.2) is 18.4 Å². The van der Waals surface area contributed by atoms with Crippen molar-refractivity contribution in [1.29, 1.82) is 0 Å². The molecule has 364 valence electrons. The van der Waals surface area contributed by atoms with Crippen LogP contribution in [0.5, 0.6) is 0 Å². The van der Waals surface area contributed by atoms with E-state index in [1.165, 1.54) is 6.92 Å². The SMILES string of the molecule is CC[C@H](C)[C@H]1O[C@]2(C=C[C@@H]1C)C[C@@H]1C[C@@H](CC=C(C)[C@@H](O[C@H]3C[C@H](OC)[C@@H](O[C@H]4C[C@H](OC)[C@H](NC(C)=O)[C@H](C)O4)[C@H](C)O3)[C@@H](C)C=CC=C3CO[C@@H]4[C@H](O)C(C)=C[C@@H](C(=O)O1)[C@]34O)O2. The van der Waals surface area contributed by atoms with Crippen LogP contribution in [0.25, 0.3) is 0 Å². The number of methoxy groups -OCH3 is 2. The Labute approximate surface area is 385 Å². The molecule has 1 spiro atoms. The van der Waals surface area contributed by atoms with E-state index in [9.17, 15) is 19.8 Å². The molecule has 0 radical (unpaired) electrons. The van der Waals surface area contributed by atoms with Gasteiger partial charge < -0.3 is 62.9 Å². The second-order valence-corrected chi connectivity index (χ2v) is 19.7. The van der Waals surface area contributed by atoms with Crippen molar-refractivity contribution < 1.29 is 67.2 Å². The zero-order valence-electron chi connectivity index (χ0n) is 40.2.